The summed E-state index contributed by atoms with van der Waals surface area (Å²) in [5.41, 5.74) is 5.02. The Hall–Kier alpha value is -3.14. The molecule has 28 heavy (non-hydrogen) atoms. The van der Waals surface area contributed by atoms with Crippen molar-refractivity contribution in [3.63, 3.8) is 0 Å². The monoisotopic (exact) mass is 372 g/mol. The molecule has 0 atom stereocenters. The molecule has 142 valence electrons. The van der Waals surface area contributed by atoms with Crippen LogP contribution in [0, 0.1) is 0 Å². The molecule has 0 spiro atoms. The Labute approximate surface area is 165 Å². The normalized spacial score (nSPS) is 12.4. The Bertz CT molecular complexity index is 1130. The lowest BCUT2D eigenvalue weighted by Gasteiger charge is -2.21. The number of nitrogens with zero attached hydrogens (tertiary/aromatic N) is 3. The van der Waals surface area contributed by atoms with Crippen LogP contribution in [0.25, 0.3) is 22.6 Å². The zero-order valence-corrected chi connectivity index (χ0v) is 16.7. The van der Waals surface area contributed by atoms with Crippen molar-refractivity contribution >= 4 is 16.8 Å². The van der Waals surface area contributed by atoms with E-state index in [2.05, 4.69) is 78.9 Å². The molecule has 2 aliphatic rings. The quantitative estimate of drug-likeness (QED) is 0.385. The summed E-state index contributed by atoms with van der Waals surface area (Å²) in [4.78, 5) is 7.09. The number of anilines is 1. The predicted octanol–water partition coefficient (Wildman–Crippen LogP) is 4.38. The molecule has 0 radical (unpaired) electrons. The van der Waals surface area contributed by atoms with Crippen molar-refractivity contribution < 1.29 is 4.42 Å². The average Bonchev–Trinajstić information content (AvgIpc) is 2.73. The van der Waals surface area contributed by atoms with E-state index in [1.165, 1.54) is 11.3 Å². The Kier molecular flexibility index (Phi) is 5.11. The third-order valence-corrected chi connectivity index (χ3v) is 5.18. The smallest absolute Gasteiger partial charge is 0.203 e. The molecule has 0 saturated carbocycles. The Morgan fingerprint density at radius 3 is 2.46 bits per heavy atom. The summed E-state index contributed by atoms with van der Waals surface area (Å²) in [7, 11) is 2.10. The summed E-state index contributed by atoms with van der Waals surface area (Å²) in [5, 5.41) is 1.11. The summed E-state index contributed by atoms with van der Waals surface area (Å²) in [5.74, 6) is 0.807. The van der Waals surface area contributed by atoms with Gasteiger partial charge in [-0.05, 0) is 32.0 Å². The third kappa shape index (κ3) is 3.63. The van der Waals surface area contributed by atoms with Gasteiger partial charge in [-0.25, -0.2) is 9.56 Å². The number of hydrogen-bond acceptors (Lipinski definition) is 3. The topological polar surface area (TPSA) is 32.3 Å². The summed E-state index contributed by atoms with van der Waals surface area (Å²) >= 11 is 0. The average molecular weight is 372 g/mol. The fraction of sp³-hybridized carbons (Fsp3) is 0.250. The van der Waals surface area contributed by atoms with Crippen LogP contribution in [0.3, 0.4) is 0 Å². The van der Waals surface area contributed by atoms with Crippen molar-refractivity contribution in [1.29, 1.82) is 0 Å². The minimum absolute atomic E-state index is 0.807. The molecule has 4 nitrogen and oxygen atoms in total. The highest BCUT2D eigenvalue weighted by Gasteiger charge is 2.13. The molecular weight excluding hydrogens is 346 g/mol. The number of fused-ring (bicyclic) bond motifs is 2. The lowest BCUT2D eigenvalue weighted by atomic mass is 10.2. The van der Waals surface area contributed by atoms with E-state index in [1.54, 1.807) is 0 Å². The molecular formula is C24H26N3O+. The molecule has 4 heteroatoms. The highest BCUT2D eigenvalue weighted by molar-refractivity contribution is 5.80. The zero-order valence-electron chi connectivity index (χ0n) is 16.7. The van der Waals surface area contributed by atoms with Gasteiger partial charge in [0.15, 0.2) is 17.9 Å². The van der Waals surface area contributed by atoms with Crippen molar-refractivity contribution in [2.45, 2.75) is 20.4 Å². The maximum Gasteiger partial charge on any atom is 0.203 e. The van der Waals surface area contributed by atoms with Crippen molar-refractivity contribution in [2.24, 2.45) is 0 Å². The molecule has 2 aromatic carbocycles. The van der Waals surface area contributed by atoms with Crippen LogP contribution in [-0.2, 0) is 6.54 Å². The SMILES string of the molecule is CCN(CC)c1ccc2nc3ccc(=[N+](C)Cc4ccccc4)cc-3oc2c1. The van der Waals surface area contributed by atoms with Gasteiger partial charge < -0.3 is 9.32 Å². The van der Waals surface area contributed by atoms with E-state index in [-0.39, 0.29) is 0 Å². The van der Waals surface area contributed by atoms with E-state index in [9.17, 15) is 0 Å². The summed E-state index contributed by atoms with van der Waals surface area (Å²) in [6, 6.07) is 22.9. The molecule has 0 aromatic heterocycles. The van der Waals surface area contributed by atoms with E-state index >= 15 is 0 Å². The standard InChI is InChI=1S/C24H26N3O/c1-4-27(5-2)20-12-14-22-24(16-20)28-23-15-19(11-13-21(23)25-22)26(3)17-18-9-7-6-8-10-18/h6-16H,4-5,17H2,1-3H3/q+1. The first kappa shape index (κ1) is 18.2. The summed E-state index contributed by atoms with van der Waals surface area (Å²) in [6.07, 6.45) is 0. The van der Waals surface area contributed by atoms with Crippen molar-refractivity contribution in [1.82, 2.24) is 9.56 Å². The fourth-order valence-corrected chi connectivity index (χ4v) is 3.57. The molecule has 1 aliphatic heterocycles. The Balaban J connectivity index is 1.78. The lowest BCUT2D eigenvalue weighted by molar-refractivity contribution is 0.606. The molecule has 0 fully saturated rings. The first-order chi connectivity index (χ1) is 13.7. The highest BCUT2D eigenvalue weighted by atomic mass is 16.3. The lowest BCUT2D eigenvalue weighted by Crippen LogP contribution is -2.25. The molecule has 1 heterocycles. The highest BCUT2D eigenvalue weighted by Crippen LogP contribution is 2.27. The minimum atomic E-state index is 0.807. The maximum atomic E-state index is 6.25. The first-order valence-corrected chi connectivity index (χ1v) is 9.85. The molecule has 0 unspecified atom stereocenters. The van der Waals surface area contributed by atoms with E-state index in [0.29, 0.717) is 0 Å². The zero-order chi connectivity index (χ0) is 19.5. The van der Waals surface area contributed by atoms with Gasteiger partial charge >= 0.3 is 0 Å². The molecule has 0 saturated heterocycles. The van der Waals surface area contributed by atoms with Crippen LogP contribution < -0.4 is 14.8 Å². The van der Waals surface area contributed by atoms with Crippen molar-refractivity contribution in [3.05, 3.63) is 77.7 Å². The molecule has 2 aromatic rings. The van der Waals surface area contributed by atoms with Crippen molar-refractivity contribution in [2.75, 3.05) is 25.0 Å². The van der Waals surface area contributed by atoms with E-state index < -0.39 is 0 Å². The summed E-state index contributed by atoms with van der Waals surface area (Å²) < 4.78 is 8.47. The van der Waals surface area contributed by atoms with Gasteiger partial charge in [0.2, 0.25) is 5.36 Å². The van der Waals surface area contributed by atoms with Gasteiger partial charge in [-0.1, -0.05) is 30.3 Å². The molecule has 0 N–H and O–H groups in total. The van der Waals surface area contributed by atoms with Gasteiger partial charge in [-0.15, -0.1) is 0 Å². The molecule has 1 aliphatic carbocycles. The number of benzene rings is 3. The second-order valence-electron chi connectivity index (χ2n) is 7.03. The van der Waals surface area contributed by atoms with Crippen molar-refractivity contribution in [3.8, 4) is 11.5 Å². The van der Waals surface area contributed by atoms with Gasteiger partial charge in [0.05, 0.1) is 6.07 Å². The maximum absolute atomic E-state index is 6.25. The number of hydrogen-bond donors (Lipinski definition) is 0. The van der Waals surface area contributed by atoms with Crippen LogP contribution in [0.2, 0.25) is 0 Å². The van der Waals surface area contributed by atoms with Crippen LogP contribution in [0.5, 0.6) is 0 Å². The van der Waals surface area contributed by atoms with Gasteiger partial charge in [-0.2, -0.15) is 0 Å². The van der Waals surface area contributed by atoms with Gasteiger partial charge in [0.1, 0.15) is 18.3 Å². The van der Waals surface area contributed by atoms with Crippen LogP contribution in [0.15, 0.2) is 71.1 Å². The third-order valence-electron chi connectivity index (χ3n) is 5.18. The van der Waals surface area contributed by atoms with Crippen LogP contribution in [0.1, 0.15) is 19.4 Å². The van der Waals surface area contributed by atoms with Gasteiger partial charge in [0.25, 0.3) is 0 Å². The molecule has 4 rings (SSSR count). The second kappa shape index (κ2) is 7.85. The van der Waals surface area contributed by atoms with Crippen LogP contribution in [0.4, 0.5) is 5.69 Å². The Morgan fingerprint density at radius 1 is 0.929 bits per heavy atom. The van der Waals surface area contributed by atoms with E-state index in [1.807, 2.05) is 18.2 Å². The largest absolute Gasteiger partial charge is 0.452 e. The molecule has 0 amide bonds. The minimum Gasteiger partial charge on any atom is -0.452 e. The van der Waals surface area contributed by atoms with Gasteiger partial charge in [-0.3, -0.25) is 0 Å². The number of rotatable bonds is 5. The van der Waals surface area contributed by atoms with E-state index in [0.717, 1.165) is 47.5 Å². The predicted molar refractivity (Wildman–Crippen MR) is 116 cm³/mol. The second-order valence-corrected chi connectivity index (χ2v) is 7.03. The summed E-state index contributed by atoms with van der Waals surface area (Å²) in [6.45, 7) is 7.12. The number of aromatic nitrogens is 1. The van der Waals surface area contributed by atoms with Crippen LogP contribution >= 0.6 is 0 Å². The fourth-order valence-electron chi connectivity index (χ4n) is 3.57. The van der Waals surface area contributed by atoms with E-state index in [4.69, 9.17) is 9.40 Å². The first-order valence-electron chi connectivity index (χ1n) is 9.85. The Morgan fingerprint density at radius 2 is 1.71 bits per heavy atom. The van der Waals surface area contributed by atoms with Gasteiger partial charge in [0, 0.05) is 36.5 Å². The molecule has 0 bridgehead atoms. The van der Waals surface area contributed by atoms with Crippen LogP contribution in [-0.4, -0.2) is 25.1 Å².